The van der Waals surface area contributed by atoms with Crippen molar-refractivity contribution in [3.8, 4) is 0 Å². The number of nitrogens with one attached hydrogen (secondary N) is 1. The second-order valence-corrected chi connectivity index (χ2v) is 10.9. The van der Waals surface area contributed by atoms with Crippen molar-refractivity contribution in [3.05, 3.63) is 83.4 Å². The van der Waals surface area contributed by atoms with E-state index >= 15 is 0 Å². The van der Waals surface area contributed by atoms with E-state index in [0.717, 1.165) is 12.1 Å². The monoisotopic (exact) mass is 479 g/mol. The SMILES string of the molecule is C/C=C\c1ccccc1Cc1c(NS(=O)SI)ccc2ccccc12. The zero-order valence-electron chi connectivity index (χ0n) is 13.7. The molecule has 1 atom stereocenters. The lowest BCUT2D eigenvalue weighted by atomic mass is 9.94. The van der Waals surface area contributed by atoms with Crippen LogP contribution in [0.3, 0.4) is 0 Å². The lowest BCUT2D eigenvalue weighted by molar-refractivity contribution is 0.694. The standard InChI is InChI=1S/C20H18INOS2/c1-2-7-15-8-3-4-10-17(15)14-19-18-11-6-5-9-16(18)12-13-20(19)22-25(23)24-21/h2-13,22H,14H2,1H3/b7-2-. The van der Waals surface area contributed by atoms with Crippen molar-refractivity contribution in [2.24, 2.45) is 0 Å². The van der Waals surface area contributed by atoms with Gasteiger partial charge in [-0.15, -0.1) is 0 Å². The van der Waals surface area contributed by atoms with E-state index in [-0.39, 0.29) is 0 Å². The number of hydrogen-bond acceptors (Lipinski definition) is 2. The Morgan fingerprint density at radius 1 is 1.08 bits per heavy atom. The van der Waals surface area contributed by atoms with Gasteiger partial charge in [-0.05, 0) is 40.5 Å². The molecule has 0 aliphatic carbocycles. The molecule has 3 aromatic carbocycles. The van der Waals surface area contributed by atoms with Gasteiger partial charge in [0.1, 0.15) is 0 Å². The van der Waals surface area contributed by atoms with Gasteiger partial charge in [-0.1, -0.05) is 66.7 Å². The number of anilines is 1. The Morgan fingerprint density at radius 3 is 2.64 bits per heavy atom. The Balaban J connectivity index is 2.13. The van der Waals surface area contributed by atoms with Crippen LogP contribution in [0, 0.1) is 0 Å². The van der Waals surface area contributed by atoms with Crippen LogP contribution >= 0.6 is 29.2 Å². The third kappa shape index (κ3) is 4.46. The van der Waals surface area contributed by atoms with Gasteiger partial charge in [0.25, 0.3) is 0 Å². The third-order valence-electron chi connectivity index (χ3n) is 4.06. The van der Waals surface area contributed by atoms with Crippen LogP contribution in [-0.4, -0.2) is 4.21 Å². The second kappa shape index (κ2) is 8.87. The van der Waals surface area contributed by atoms with Crippen LogP contribution in [0.15, 0.2) is 66.7 Å². The predicted octanol–water partition coefficient (Wildman–Crippen LogP) is 6.54. The molecule has 0 radical (unpaired) electrons. The fourth-order valence-corrected chi connectivity index (χ4v) is 4.53. The fourth-order valence-electron chi connectivity index (χ4n) is 2.96. The molecule has 3 aromatic rings. The van der Waals surface area contributed by atoms with Crippen LogP contribution in [0.2, 0.25) is 0 Å². The van der Waals surface area contributed by atoms with Crippen LogP contribution in [0.5, 0.6) is 0 Å². The van der Waals surface area contributed by atoms with Crippen molar-refractivity contribution in [3.63, 3.8) is 0 Å². The summed E-state index contributed by atoms with van der Waals surface area (Å²) in [6.45, 7) is 2.03. The molecule has 3 rings (SSSR count). The summed E-state index contributed by atoms with van der Waals surface area (Å²) in [5.74, 6) is 0. The largest absolute Gasteiger partial charge is 0.295 e. The molecule has 0 spiro atoms. The van der Waals surface area contributed by atoms with Crippen molar-refractivity contribution in [2.45, 2.75) is 13.3 Å². The van der Waals surface area contributed by atoms with Crippen LogP contribution in [0.25, 0.3) is 16.8 Å². The minimum atomic E-state index is -1.16. The second-order valence-electron chi connectivity index (χ2n) is 5.59. The first-order valence-corrected chi connectivity index (χ1v) is 12.9. The maximum Gasteiger partial charge on any atom is 0.189 e. The molecule has 2 nitrogen and oxygen atoms in total. The van der Waals surface area contributed by atoms with E-state index in [1.807, 2.05) is 19.1 Å². The average Bonchev–Trinajstić information content (AvgIpc) is 2.65. The Bertz CT molecular complexity index is 940. The molecule has 0 heterocycles. The molecule has 0 amide bonds. The van der Waals surface area contributed by atoms with E-state index in [2.05, 4.69) is 86.6 Å². The fraction of sp³-hybridized carbons (Fsp3) is 0.100. The molecule has 1 N–H and O–H groups in total. The molecular weight excluding hydrogens is 461 g/mol. The van der Waals surface area contributed by atoms with Gasteiger partial charge in [0.15, 0.2) is 10.0 Å². The first-order valence-electron chi connectivity index (χ1n) is 7.91. The van der Waals surface area contributed by atoms with E-state index < -0.39 is 10.0 Å². The van der Waals surface area contributed by atoms with E-state index in [1.54, 1.807) is 0 Å². The first-order chi connectivity index (χ1) is 12.2. The van der Waals surface area contributed by atoms with E-state index in [9.17, 15) is 4.21 Å². The summed E-state index contributed by atoms with van der Waals surface area (Å²) >= 11 is 2.05. The average molecular weight is 479 g/mol. The normalized spacial score (nSPS) is 12.6. The molecule has 0 aliphatic heterocycles. The quantitative estimate of drug-likeness (QED) is 0.322. The molecule has 0 aromatic heterocycles. The summed E-state index contributed by atoms with van der Waals surface area (Å²) in [5.41, 5.74) is 4.58. The highest BCUT2D eigenvalue weighted by molar-refractivity contribution is 14.2. The number of allylic oxidation sites excluding steroid dienone is 1. The van der Waals surface area contributed by atoms with Gasteiger partial charge >= 0.3 is 0 Å². The highest BCUT2D eigenvalue weighted by Gasteiger charge is 2.12. The first kappa shape index (κ1) is 18.5. The Morgan fingerprint density at radius 2 is 1.84 bits per heavy atom. The third-order valence-corrected chi connectivity index (χ3v) is 8.09. The number of hydrogen-bond donors (Lipinski definition) is 1. The Labute approximate surface area is 166 Å². The summed E-state index contributed by atoms with van der Waals surface area (Å²) in [4.78, 5) is 0. The van der Waals surface area contributed by atoms with Gasteiger partial charge in [0, 0.05) is 35.6 Å². The molecule has 0 saturated heterocycles. The van der Waals surface area contributed by atoms with Gasteiger partial charge in [-0.25, -0.2) is 4.21 Å². The molecule has 5 heteroatoms. The van der Waals surface area contributed by atoms with E-state index in [1.165, 1.54) is 35.4 Å². The Hall–Kier alpha value is -1.31. The van der Waals surface area contributed by atoms with Crippen molar-refractivity contribution < 1.29 is 4.21 Å². The van der Waals surface area contributed by atoms with E-state index in [0.29, 0.717) is 0 Å². The minimum Gasteiger partial charge on any atom is -0.295 e. The lowest BCUT2D eigenvalue weighted by Crippen LogP contribution is -2.03. The summed E-state index contributed by atoms with van der Waals surface area (Å²) in [5, 5.41) is 2.39. The molecular formula is C20H18INOS2. The topological polar surface area (TPSA) is 29.1 Å². The molecule has 1 unspecified atom stereocenters. The van der Waals surface area contributed by atoms with Crippen LogP contribution in [-0.2, 0) is 16.4 Å². The zero-order chi connectivity index (χ0) is 17.6. The maximum atomic E-state index is 12.0. The smallest absolute Gasteiger partial charge is 0.189 e. The van der Waals surface area contributed by atoms with Gasteiger partial charge < -0.3 is 0 Å². The summed E-state index contributed by atoms with van der Waals surface area (Å²) in [6.07, 6.45) is 4.97. The lowest BCUT2D eigenvalue weighted by Gasteiger charge is -2.15. The van der Waals surface area contributed by atoms with E-state index in [4.69, 9.17) is 0 Å². The molecule has 0 fully saturated rings. The number of benzene rings is 3. The van der Waals surface area contributed by atoms with Gasteiger partial charge in [-0.2, -0.15) is 0 Å². The number of halogens is 1. The van der Waals surface area contributed by atoms with Crippen molar-refractivity contribution in [1.82, 2.24) is 0 Å². The number of fused-ring (bicyclic) bond motifs is 1. The zero-order valence-corrected chi connectivity index (χ0v) is 17.5. The Kier molecular flexibility index (Phi) is 6.56. The summed E-state index contributed by atoms with van der Waals surface area (Å²) in [7, 11) is 0.113. The minimum absolute atomic E-state index is 0.785. The van der Waals surface area contributed by atoms with Crippen molar-refractivity contribution in [2.75, 3.05) is 4.72 Å². The summed E-state index contributed by atoms with van der Waals surface area (Å²) in [6, 6.07) is 20.9. The van der Waals surface area contributed by atoms with Gasteiger partial charge in [0.05, 0.1) is 5.69 Å². The van der Waals surface area contributed by atoms with Crippen molar-refractivity contribution >= 4 is 61.7 Å². The molecule has 0 bridgehead atoms. The molecule has 0 saturated carbocycles. The number of rotatable bonds is 6. The maximum absolute atomic E-state index is 12.0. The highest BCUT2D eigenvalue weighted by atomic mass is 127. The molecule has 128 valence electrons. The van der Waals surface area contributed by atoms with Crippen LogP contribution in [0.4, 0.5) is 5.69 Å². The molecule has 0 aliphatic rings. The molecule has 25 heavy (non-hydrogen) atoms. The van der Waals surface area contributed by atoms with Gasteiger partial charge in [-0.3, -0.25) is 4.72 Å². The summed E-state index contributed by atoms with van der Waals surface area (Å²) < 4.78 is 15.2. The van der Waals surface area contributed by atoms with Crippen molar-refractivity contribution in [1.29, 1.82) is 0 Å². The highest BCUT2D eigenvalue weighted by Crippen LogP contribution is 2.31. The predicted molar refractivity (Wildman–Crippen MR) is 121 cm³/mol. The van der Waals surface area contributed by atoms with Crippen LogP contribution < -0.4 is 4.72 Å². The van der Waals surface area contributed by atoms with Gasteiger partial charge in [0.2, 0.25) is 0 Å². The van der Waals surface area contributed by atoms with Crippen LogP contribution in [0.1, 0.15) is 23.6 Å².